The van der Waals surface area contributed by atoms with Crippen LogP contribution in [0.2, 0.25) is 0 Å². The Morgan fingerprint density at radius 1 is 0.862 bits per heavy atom. The van der Waals surface area contributed by atoms with Crippen molar-refractivity contribution in [3.63, 3.8) is 0 Å². The van der Waals surface area contributed by atoms with E-state index in [0.29, 0.717) is 0 Å². The molecular formula is C23H40N2O4. The molecule has 0 aromatic heterocycles. The third-order valence-electron chi connectivity index (χ3n) is 4.79. The van der Waals surface area contributed by atoms with Crippen molar-refractivity contribution in [3.8, 4) is 0 Å². The normalized spacial score (nSPS) is 11.4. The number of nitrogen functional groups attached to an aromatic ring is 1. The summed E-state index contributed by atoms with van der Waals surface area (Å²) < 4.78 is 0. The summed E-state index contributed by atoms with van der Waals surface area (Å²) in [6.07, 6.45) is 15.0. The van der Waals surface area contributed by atoms with Gasteiger partial charge in [-0.2, -0.15) is 0 Å². The molecule has 6 N–H and O–H groups in total. The molecule has 0 spiro atoms. The highest BCUT2D eigenvalue weighted by Crippen LogP contribution is 2.13. The predicted molar refractivity (Wildman–Crippen MR) is 119 cm³/mol. The van der Waals surface area contributed by atoms with Crippen LogP contribution in [0.5, 0.6) is 0 Å². The van der Waals surface area contributed by atoms with E-state index in [1.165, 1.54) is 76.2 Å². The van der Waals surface area contributed by atoms with Gasteiger partial charge in [-0.15, -0.1) is 0 Å². The second-order valence-corrected chi connectivity index (χ2v) is 7.55. The maximum absolute atomic E-state index is 9.99. The van der Waals surface area contributed by atoms with E-state index < -0.39 is 18.0 Å². The molecule has 0 unspecified atom stereocenters. The Balaban J connectivity index is 0.000000665. The molecular weight excluding hydrogens is 368 g/mol. The third kappa shape index (κ3) is 17.7. The van der Waals surface area contributed by atoms with Gasteiger partial charge in [-0.3, -0.25) is 9.59 Å². The summed E-state index contributed by atoms with van der Waals surface area (Å²) in [5.41, 5.74) is 13.0. The summed E-state index contributed by atoms with van der Waals surface area (Å²) in [4.78, 5) is 19.9. The Hall–Kier alpha value is -2.08. The van der Waals surface area contributed by atoms with Crippen molar-refractivity contribution in [3.05, 3.63) is 29.8 Å². The van der Waals surface area contributed by atoms with E-state index in [4.69, 9.17) is 21.7 Å². The number of unbranched alkanes of at least 4 members (excludes halogenated alkanes) is 9. The van der Waals surface area contributed by atoms with Crippen molar-refractivity contribution in [2.75, 3.05) is 5.73 Å². The number of hydrogen-bond donors (Lipinski definition) is 4. The number of aryl methyl sites for hydroxylation is 1. The highest BCUT2D eigenvalue weighted by Gasteiger charge is 2.12. The first kappa shape index (κ1) is 26.9. The van der Waals surface area contributed by atoms with Crippen LogP contribution in [0.3, 0.4) is 0 Å². The molecule has 0 heterocycles. The van der Waals surface area contributed by atoms with Crippen molar-refractivity contribution in [1.82, 2.24) is 0 Å². The second-order valence-electron chi connectivity index (χ2n) is 7.55. The van der Waals surface area contributed by atoms with E-state index in [1.807, 2.05) is 12.1 Å². The van der Waals surface area contributed by atoms with Crippen LogP contribution in [-0.4, -0.2) is 28.2 Å². The minimum atomic E-state index is -1.17. The number of carboxylic acid groups (broad SMARTS) is 2. The van der Waals surface area contributed by atoms with Crippen molar-refractivity contribution < 1.29 is 19.8 Å². The lowest BCUT2D eigenvalue weighted by Crippen LogP contribution is -2.30. The first-order valence-corrected chi connectivity index (χ1v) is 10.9. The van der Waals surface area contributed by atoms with E-state index >= 15 is 0 Å². The number of carbonyl (C=O) groups is 2. The summed E-state index contributed by atoms with van der Waals surface area (Å²) in [5, 5.41) is 16.3. The van der Waals surface area contributed by atoms with Gasteiger partial charge in [-0.25, -0.2) is 0 Å². The SMILES string of the molecule is CCCCCCCCCCCCc1ccc(N)cc1.N[C@@H](CCC(=O)O)C(=O)O. The number of carboxylic acids is 2. The molecule has 0 fully saturated rings. The fourth-order valence-electron chi connectivity index (χ4n) is 2.90. The Morgan fingerprint density at radius 2 is 1.34 bits per heavy atom. The van der Waals surface area contributed by atoms with Gasteiger partial charge in [0, 0.05) is 12.1 Å². The summed E-state index contributed by atoms with van der Waals surface area (Å²) in [6, 6.07) is 7.26. The topological polar surface area (TPSA) is 127 Å². The Kier molecular flexibility index (Phi) is 16.7. The average molecular weight is 409 g/mol. The number of anilines is 1. The van der Waals surface area contributed by atoms with Gasteiger partial charge in [-0.05, 0) is 37.0 Å². The highest BCUT2D eigenvalue weighted by atomic mass is 16.4. The molecule has 166 valence electrons. The second kappa shape index (κ2) is 18.0. The van der Waals surface area contributed by atoms with Gasteiger partial charge in [0.25, 0.3) is 0 Å². The largest absolute Gasteiger partial charge is 0.481 e. The molecule has 0 aliphatic carbocycles. The van der Waals surface area contributed by atoms with Crippen LogP contribution >= 0.6 is 0 Å². The summed E-state index contributed by atoms with van der Waals surface area (Å²) in [7, 11) is 0. The standard InChI is InChI=1S/C18H31N.C5H9NO4/c1-2-3-4-5-6-7-8-9-10-11-12-17-13-15-18(19)16-14-17;6-3(5(9)10)1-2-4(7)8/h13-16H,2-12,19H2,1H3;3H,1-2,6H2,(H,7,8)(H,9,10)/t;3-/m.0/s1. The minimum Gasteiger partial charge on any atom is -0.481 e. The molecule has 29 heavy (non-hydrogen) atoms. The van der Waals surface area contributed by atoms with E-state index in [-0.39, 0.29) is 12.8 Å². The zero-order chi connectivity index (χ0) is 21.9. The molecule has 0 amide bonds. The molecule has 6 nitrogen and oxygen atoms in total. The molecule has 1 aromatic rings. The van der Waals surface area contributed by atoms with E-state index in [0.717, 1.165) is 5.69 Å². The molecule has 1 atom stereocenters. The number of rotatable bonds is 15. The summed E-state index contributed by atoms with van der Waals surface area (Å²) >= 11 is 0. The first-order valence-electron chi connectivity index (χ1n) is 10.9. The lowest BCUT2D eigenvalue weighted by molar-refractivity contribution is -0.139. The zero-order valence-corrected chi connectivity index (χ0v) is 17.9. The van der Waals surface area contributed by atoms with Crippen molar-refractivity contribution >= 4 is 17.6 Å². The molecule has 0 saturated carbocycles. The van der Waals surface area contributed by atoms with Crippen LogP contribution in [0.25, 0.3) is 0 Å². The summed E-state index contributed by atoms with van der Waals surface area (Å²) in [6.45, 7) is 2.28. The number of nitrogens with two attached hydrogens (primary N) is 2. The zero-order valence-electron chi connectivity index (χ0n) is 17.9. The van der Waals surface area contributed by atoms with Gasteiger partial charge in [0.15, 0.2) is 0 Å². The Morgan fingerprint density at radius 3 is 1.79 bits per heavy atom. The quantitative estimate of drug-likeness (QED) is 0.239. The molecule has 0 bridgehead atoms. The molecule has 1 rings (SSSR count). The van der Waals surface area contributed by atoms with Crippen molar-refractivity contribution in [2.45, 2.75) is 96.4 Å². The van der Waals surface area contributed by atoms with E-state index in [9.17, 15) is 9.59 Å². The summed E-state index contributed by atoms with van der Waals surface area (Å²) in [5.74, 6) is -2.20. The Bertz CT molecular complexity index is 546. The fraction of sp³-hybridized carbons (Fsp3) is 0.652. The maximum atomic E-state index is 9.99. The van der Waals surface area contributed by atoms with Crippen molar-refractivity contribution in [1.29, 1.82) is 0 Å². The van der Waals surface area contributed by atoms with Crippen LogP contribution < -0.4 is 11.5 Å². The van der Waals surface area contributed by atoms with Gasteiger partial charge in [0.1, 0.15) is 6.04 Å². The van der Waals surface area contributed by atoms with E-state index in [1.54, 1.807) is 0 Å². The lowest BCUT2D eigenvalue weighted by Gasteiger charge is -2.03. The van der Waals surface area contributed by atoms with Crippen LogP contribution in [0.15, 0.2) is 24.3 Å². The van der Waals surface area contributed by atoms with Gasteiger partial charge >= 0.3 is 11.9 Å². The van der Waals surface area contributed by atoms with Crippen LogP contribution in [0, 0.1) is 0 Å². The van der Waals surface area contributed by atoms with Gasteiger partial charge < -0.3 is 21.7 Å². The molecule has 0 radical (unpaired) electrons. The van der Waals surface area contributed by atoms with Crippen LogP contribution in [0.1, 0.15) is 89.5 Å². The first-order chi connectivity index (χ1) is 13.9. The lowest BCUT2D eigenvalue weighted by atomic mass is 10.0. The third-order valence-corrected chi connectivity index (χ3v) is 4.79. The predicted octanol–water partition coefficient (Wildman–Crippen LogP) is 5.00. The van der Waals surface area contributed by atoms with Gasteiger partial charge in [0.05, 0.1) is 0 Å². The maximum Gasteiger partial charge on any atom is 0.320 e. The molecule has 0 saturated heterocycles. The van der Waals surface area contributed by atoms with Crippen LogP contribution in [0.4, 0.5) is 5.69 Å². The van der Waals surface area contributed by atoms with Crippen LogP contribution in [-0.2, 0) is 16.0 Å². The van der Waals surface area contributed by atoms with E-state index in [2.05, 4.69) is 19.1 Å². The number of hydrogen-bond acceptors (Lipinski definition) is 4. The van der Waals surface area contributed by atoms with Crippen molar-refractivity contribution in [2.24, 2.45) is 5.73 Å². The number of aliphatic carboxylic acids is 2. The molecule has 1 aromatic carbocycles. The number of benzene rings is 1. The van der Waals surface area contributed by atoms with Gasteiger partial charge in [-0.1, -0.05) is 76.8 Å². The minimum absolute atomic E-state index is 0.0231. The molecule has 0 aliphatic rings. The monoisotopic (exact) mass is 408 g/mol. The Labute approximate surface area is 175 Å². The highest BCUT2D eigenvalue weighted by molar-refractivity contribution is 5.74. The molecule has 0 aliphatic heterocycles. The fourth-order valence-corrected chi connectivity index (χ4v) is 2.90. The smallest absolute Gasteiger partial charge is 0.320 e. The van der Waals surface area contributed by atoms with Gasteiger partial charge in [0.2, 0.25) is 0 Å². The molecule has 6 heteroatoms. The average Bonchev–Trinajstić information content (AvgIpc) is 2.69.